The van der Waals surface area contributed by atoms with Gasteiger partial charge in [0.05, 0.1) is 11.3 Å². The van der Waals surface area contributed by atoms with Crippen LogP contribution < -0.4 is 16.0 Å². The lowest BCUT2D eigenvalue weighted by molar-refractivity contribution is -0.117. The highest BCUT2D eigenvalue weighted by Crippen LogP contribution is 2.25. The lowest BCUT2D eigenvalue weighted by Crippen LogP contribution is -2.44. The van der Waals surface area contributed by atoms with Crippen molar-refractivity contribution in [1.29, 1.82) is 0 Å². The fourth-order valence-electron chi connectivity index (χ4n) is 4.59. The third kappa shape index (κ3) is 6.33. The average Bonchev–Trinajstić information content (AvgIpc) is 3.25. The average molecular weight is 494 g/mol. The predicted octanol–water partition coefficient (Wildman–Crippen LogP) is 3.71. The summed E-state index contributed by atoms with van der Waals surface area (Å²) >= 11 is 0. The Morgan fingerprint density at radius 2 is 1.83 bits per heavy atom. The molecule has 9 heteroatoms. The first-order valence-corrected chi connectivity index (χ1v) is 12.5. The first-order valence-electron chi connectivity index (χ1n) is 12.5. The maximum atomic E-state index is 12.3. The van der Waals surface area contributed by atoms with Crippen LogP contribution in [0.4, 0.5) is 16.2 Å². The summed E-state index contributed by atoms with van der Waals surface area (Å²) in [4.78, 5) is 44.4. The highest BCUT2D eigenvalue weighted by atomic mass is 16.6. The number of benzene rings is 1. The zero-order valence-electron chi connectivity index (χ0n) is 21.3. The van der Waals surface area contributed by atoms with E-state index < -0.39 is 11.5 Å². The zero-order valence-corrected chi connectivity index (χ0v) is 21.3. The SMILES string of the molecule is CC(C)(C)OC(=O)N1CCC(Nc2cc(Cc3ccc(N4CCCC4=O)cc3)ncc2C(N)=O)CC1. The predicted molar refractivity (Wildman–Crippen MR) is 138 cm³/mol. The molecule has 2 saturated heterocycles. The number of rotatable bonds is 6. The van der Waals surface area contributed by atoms with Gasteiger partial charge >= 0.3 is 6.09 Å². The van der Waals surface area contributed by atoms with Gasteiger partial charge in [0.1, 0.15) is 5.60 Å². The number of carbonyl (C=O) groups is 3. The van der Waals surface area contributed by atoms with E-state index in [1.54, 1.807) is 4.90 Å². The van der Waals surface area contributed by atoms with Crippen LogP contribution in [0.5, 0.6) is 0 Å². The zero-order chi connectivity index (χ0) is 25.9. The van der Waals surface area contributed by atoms with Crippen molar-refractivity contribution in [3.05, 3.63) is 53.3 Å². The molecule has 2 aliphatic heterocycles. The molecule has 0 aliphatic carbocycles. The van der Waals surface area contributed by atoms with E-state index in [4.69, 9.17) is 10.5 Å². The molecule has 2 fully saturated rings. The van der Waals surface area contributed by atoms with Crippen LogP contribution in [0.15, 0.2) is 36.5 Å². The van der Waals surface area contributed by atoms with Crippen molar-refractivity contribution in [3.63, 3.8) is 0 Å². The third-order valence-electron chi connectivity index (χ3n) is 6.44. The lowest BCUT2D eigenvalue weighted by atomic mass is 10.0. The van der Waals surface area contributed by atoms with Crippen LogP contribution in [0, 0.1) is 0 Å². The van der Waals surface area contributed by atoms with E-state index in [9.17, 15) is 14.4 Å². The monoisotopic (exact) mass is 493 g/mol. The van der Waals surface area contributed by atoms with Crippen molar-refractivity contribution in [2.24, 2.45) is 5.73 Å². The molecule has 0 saturated carbocycles. The van der Waals surface area contributed by atoms with E-state index >= 15 is 0 Å². The number of primary amides is 1. The normalized spacial score (nSPS) is 16.8. The van der Waals surface area contributed by atoms with Gasteiger partial charge < -0.3 is 25.6 Å². The summed E-state index contributed by atoms with van der Waals surface area (Å²) in [5.74, 6) is -0.374. The molecule has 9 nitrogen and oxygen atoms in total. The van der Waals surface area contributed by atoms with Gasteiger partial charge in [0.25, 0.3) is 5.91 Å². The van der Waals surface area contributed by atoms with E-state index in [-0.39, 0.29) is 18.0 Å². The van der Waals surface area contributed by atoms with Crippen LogP contribution in [0.1, 0.15) is 68.1 Å². The highest BCUT2D eigenvalue weighted by molar-refractivity contribution is 5.98. The Bertz CT molecular complexity index is 1120. The van der Waals surface area contributed by atoms with Gasteiger partial charge in [0.2, 0.25) is 5.91 Å². The van der Waals surface area contributed by atoms with Gasteiger partial charge in [-0.3, -0.25) is 14.6 Å². The van der Waals surface area contributed by atoms with Crippen molar-refractivity contribution in [1.82, 2.24) is 9.88 Å². The summed E-state index contributed by atoms with van der Waals surface area (Å²) in [6.07, 6.45) is 4.76. The molecule has 0 spiro atoms. The maximum Gasteiger partial charge on any atom is 0.410 e. The van der Waals surface area contributed by atoms with E-state index in [1.165, 1.54) is 6.20 Å². The quantitative estimate of drug-likeness (QED) is 0.633. The summed E-state index contributed by atoms with van der Waals surface area (Å²) in [7, 11) is 0. The van der Waals surface area contributed by atoms with Gasteiger partial charge in [-0.15, -0.1) is 0 Å². The number of anilines is 2. The third-order valence-corrected chi connectivity index (χ3v) is 6.44. The molecule has 2 aromatic rings. The number of nitrogens with one attached hydrogen (secondary N) is 1. The standard InChI is InChI=1S/C27H35N5O4/c1-27(2,3)36-26(35)31-13-10-19(11-14-31)30-23-16-20(29-17-22(23)25(28)34)15-18-6-8-21(9-7-18)32-12-4-5-24(32)33/h6-9,16-17,19H,4-5,10-15H2,1-3H3,(H2,28,34)(H,29,30). The number of amides is 3. The number of aromatic nitrogens is 1. The fourth-order valence-corrected chi connectivity index (χ4v) is 4.59. The smallest absolute Gasteiger partial charge is 0.410 e. The van der Waals surface area contributed by atoms with Gasteiger partial charge in [0.15, 0.2) is 0 Å². The summed E-state index contributed by atoms with van der Waals surface area (Å²) in [6, 6.07) is 9.91. The molecule has 0 radical (unpaired) electrons. The molecular formula is C27H35N5O4. The highest BCUT2D eigenvalue weighted by Gasteiger charge is 2.27. The second-order valence-corrected chi connectivity index (χ2v) is 10.5. The molecule has 0 bridgehead atoms. The molecule has 3 amide bonds. The minimum absolute atomic E-state index is 0.0920. The number of likely N-dealkylation sites (tertiary alicyclic amines) is 1. The van der Waals surface area contributed by atoms with Crippen molar-refractivity contribution in [2.75, 3.05) is 29.9 Å². The number of hydrogen-bond donors (Lipinski definition) is 2. The topological polar surface area (TPSA) is 118 Å². The molecule has 36 heavy (non-hydrogen) atoms. The summed E-state index contributed by atoms with van der Waals surface area (Å²) in [6.45, 7) is 7.47. The Hall–Kier alpha value is -3.62. The number of nitrogens with two attached hydrogens (primary N) is 1. The summed E-state index contributed by atoms with van der Waals surface area (Å²) in [5.41, 5.74) is 8.86. The number of hydrogen-bond acceptors (Lipinski definition) is 6. The van der Waals surface area contributed by atoms with Crippen LogP contribution >= 0.6 is 0 Å². The molecular weight excluding hydrogens is 458 g/mol. The van der Waals surface area contributed by atoms with E-state index in [0.29, 0.717) is 37.2 Å². The Kier molecular flexibility index (Phi) is 7.47. The van der Waals surface area contributed by atoms with Crippen molar-refractivity contribution in [2.45, 2.75) is 64.5 Å². The Labute approximate surface area is 212 Å². The van der Waals surface area contributed by atoms with E-state index in [0.717, 1.165) is 42.8 Å². The molecule has 3 heterocycles. The fraction of sp³-hybridized carbons (Fsp3) is 0.481. The van der Waals surface area contributed by atoms with Crippen LogP contribution in [0.3, 0.4) is 0 Å². The van der Waals surface area contributed by atoms with Gasteiger partial charge in [-0.25, -0.2) is 4.79 Å². The number of nitrogens with zero attached hydrogens (tertiary/aromatic N) is 3. The molecule has 0 unspecified atom stereocenters. The van der Waals surface area contributed by atoms with Crippen LogP contribution in [-0.2, 0) is 16.0 Å². The van der Waals surface area contributed by atoms with Crippen LogP contribution in [0.25, 0.3) is 0 Å². The molecule has 0 atom stereocenters. The van der Waals surface area contributed by atoms with Gasteiger partial charge in [-0.05, 0) is 63.8 Å². The maximum absolute atomic E-state index is 12.3. The first-order chi connectivity index (χ1) is 17.1. The van der Waals surface area contributed by atoms with Gasteiger partial charge in [-0.1, -0.05) is 12.1 Å². The molecule has 192 valence electrons. The Morgan fingerprint density at radius 3 is 2.42 bits per heavy atom. The van der Waals surface area contributed by atoms with Crippen LogP contribution in [-0.4, -0.2) is 59.1 Å². The van der Waals surface area contributed by atoms with Crippen LogP contribution in [0.2, 0.25) is 0 Å². The first kappa shape index (κ1) is 25.5. The number of pyridine rings is 1. The largest absolute Gasteiger partial charge is 0.444 e. The van der Waals surface area contributed by atoms with Crippen molar-refractivity contribution < 1.29 is 19.1 Å². The number of carbonyl (C=O) groups excluding carboxylic acids is 3. The minimum atomic E-state index is -0.539. The number of piperidine rings is 1. The molecule has 1 aromatic heterocycles. The van der Waals surface area contributed by atoms with Gasteiger partial charge in [0, 0.05) is 56.1 Å². The van der Waals surface area contributed by atoms with Crippen molar-refractivity contribution >= 4 is 29.3 Å². The lowest BCUT2D eigenvalue weighted by Gasteiger charge is -2.34. The Balaban J connectivity index is 1.40. The molecule has 1 aromatic carbocycles. The molecule has 4 rings (SSSR count). The second kappa shape index (κ2) is 10.6. The molecule has 2 aliphatic rings. The minimum Gasteiger partial charge on any atom is -0.444 e. The van der Waals surface area contributed by atoms with Gasteiger partial charge in [-0.2, -0.15) is 0 Å². The van der Waals surface area contributed by atoms with Crippen molar-refractivity contribution in [3.8, 4) is 0 Å². The van der Waals surface area contributed by atoms with E-state index in [2.05, 4.69) is 10.3 Å². The number of ether oxygens (including phenoxy) is 1. The Morgan fingerprint density at radius 1 is 1.14 bits per heavy atom. The molecule has 3 N–H and O–H groups in total. The summed E-state index contributed by atoms with van der Waals surface area (Å²) in [5, 5.41) is 3.45. The van der Waals surface area contributed by atoms with E-state index in [1.807, 2.05) is 56.0 Å². The summed E-state index contributed by atoms with van der Waals surface area (Å²) < 4.78 is 5.47. The second-order valence-electron chi connectivity index (χ2n) is 10.5.